The van der Waals surface area contributed by atoms with Gasteiger partial charge in [-0.2, -0.15) is 0 Å². The lowest BCUT2D eigenvalue weighted by Gasteiger charge is -2.13. The molecule has 1 amide bonds. The molecule has 0 spiro atoms. The molecule has 2 rings (SSSR count). The molecule has 0 saturated heterocycles. The summed E-state index contributed by atoms with van der Waals surface area (Å²) >= 11 is 0. The standard InChI is InChI=1S/C16H20N4O3/c1-11(21)14(17)15(22)18-8-4-5-9-20-10-19-13-7-3-2-6-12(13)16(20)23/h2-7,10-11,14,21H,8-9,17H2,1H3,(H,18,22)/b5-4+/t11-,14+/m1/s1. The summed E-state index contributed by atoms with van der Waals surface area (Å²) < 4.78 is 1.49. The molecule has 2 atom stereocenters. The van der Waals surface area contributed by atoms with E-state index in [9.17, 15) is 14.7 Å². The van der Waals surface area contributed by atoms with Gasteiger partial charge in [-0.1, -0.05) is 24.3 Å². The molecule has 0 fully saturated rings. The third-order valence-electron chi connectivity index (χ3n) is 3.42. The number of rotatable bonds is 6. The summed E-state index contributed by atoms with van der Waals surface area (Å²) in [6, 6.07) is 6.21. The van der Waals surface area contributed by atoms with Crippen LogP contribution in [0, 0.1) is 0 Å². The molecule has 1 aromatic heterocycles. The maximum atomic E-state index is 12.2. The first kappa shape index (κ1) is 16.9. The summed E-state index contributed by atoms with van der Waals surface area (Å²) in [5.41, 5.74) is 6.05. The Hall–Kier alpha value is -2.51. The van der Waals surface area contributed by atoms with Gasteiger partial charge in [0.1, 0.15) is 6.04 Å². The van der Waals surface area contributed by atoms with Crippen molar-refractivity contribution in [2.24, 2.45) is 5.73 Å². The summed E-state index contributed by atoms with van der Waals surface area (Å²) in [5, 5.41) is 12.4. The van der Waals surface area contributed by atoms with Crippen molar-refractivity contribution in [2.75, 3.05) is 6.54 Å². The van der Waals surface area contributed by atoms with Crippen LogP contribution in [0.1, 0.15) is 6.92 Å². The summed E-state index contributed by atoms with van der Waals surface area (Å²) in [6.45, 7) is 2.09. The monoisotopic (exact) mass is 316 g/mol. The molecule has 0 aliphatic rings. The molecule has 2 aromatic rings. The second-order valence-corrected chi connectivity index (χ2v) is 5.20. The molecule has 7 nitrogen and oxygen atoms in total. The molecule has 0 aliphatic heterocycles. The number of nitrogens with one attached hydrogen (secondary N) is 1. The predicted octanol–water partition coefficient (Wildman–Crippen LogP) is -0.223. The van der Waals surface area contributed by atoms with E-state index in [1.165, 1.54) is 17.8 Å². The molecule has 0 aliphatic carbocycles. The minimum absolute atomic E-state index is 0.111. The van der Waals surface area contributed by atoms with Crippen LogP contribution in [0.2, 0.25) is 0 Å². The number of aromatic nitrogens is 2. The highest BCUT2D eigenvalue weighted by atomic mass is 16.3. The Balaban J connectivity index is 1.93. The van der Waals surface area contributed by atoms with Crippen LogP contribution in [0.4, 0.5) is 0 Å². The average Bonchev–Trinajstić information content (AvgIpc) is 2.55. The van der Waals surface area contributed by atoms with E-state index in [2.05, 4.69) is 10.3 Å². The first-order chi connectivity index (χ1) is 11.0. The van der Waals surface area contributed by atoms with Crippen LogP contribution < -0.4 is 16.6 Å². The lowest BCUT2D eigenvalue weighted by atomic mass is 10.2. The molecule has 0 unspecified atom stereocenters. The molecular weight excluding hydrogens is 296 g/mol. The molecule has 7 heteroatoms. The van der Waals surface area contributed by atoms with Crippen molar-refractivity contribution in [3.63, 3.8) is 0 Å². The third-order valence-corrected chi connectivity index (χ3v) is 3.42. The van der Waals surface area contributed by atoms with Gasteiger partial charge in [0.15, 0.2) is 0 Å². The maximum Gasteiger partial charge on any atom is 0.261 e. The van der Waals surface area contributed by atoms with Crippen molar-refractivity contribution in [3.8, 4) is 0 Å². The Bertz CT molecular complexity index is 767. The number of carbonyl (C=O) groups is 1. The number of nitrogens with two attached hydrogens (primary N) is 1. The molecule has 0 saturated carbocycles. The van der Waals surface area contributed by atoms with E-state index in [-0.39, 0.29) is 12.1 Å². The number of allylic oxidation sites excluding steroid dienone is 1. The van der Waals surface area contributed by atoms with Gasteiger partial charge in [0.2, 0.25) is 5.91 Å². The Kier molecular flexibility index (Phi) is 5.61. The summed E-state index contributed by atoms with van der Waals surface area (Å²) in [6.07, 6.45) is 4.07. The summed E-state index contributed by atoms with van der Waals surface area (Å²) in [7, 11) is 0. The first-order valence-corrected chi connectivity index (χ1v) is 7.31. The molecule has 1 heterocycles. The predicted molar refractivity (Wildman–Crippen MR) is 87.8 cm³/mol. The first-order valence-electron chi connectivity index (χ1n) is 7.31. The lowest BCUT2D eigenvalue weighted by Crippen LogP contribution is -2.47. The Labute approximate surface area is 133 Å². The van der Waals surface area contributed by atoms with Crippen molar-refractivity contribution in [2.45, 2.75) is 25.6 Å². The zero-order valence-corrected chi connectivity index (χ0v) is 12.8. The van der Waals surface area contributed by atoms with Gasteiger partial charge in [-0.15, -0.1) is 0 Å². The number of aliphatic hydroxyl groups excluding tert-OH is 1. The van der Waals surface area contributed by atoms with E-state index in [1.807, 2.05) is 6.07 Å². The number of aliphatic hydroxyl groups is 1. The van der Waals surface area contributed by atoms with E-state index in [1.54, 1.807) is 30.4 Å². The highest BCUT2D eigenvalue weighted by molar-refractivity contribution is 5.82. The van der Waals surface area contributed by atoms with Gasteiger partial charge < -0.3 is 16.2 Å². The van der Waals surface area contributed by atoms with Crippen LogP contribution in [-0.4, -0.2) is 39.3 Å². The molecule has 122 valence electrons. The van der Waals surface area contributed by atoms with Crippen molar-refractivity contribution >= 4 is 16.8 Å². The molecule has 1 aromatic carbocycles. The second-order valence-electron chi connectivity index (χ2n) is 5.20. The Morgan fingerprint density at radius 3 is 2.91 bits per heavy atom. The minimum atomic E-state index is -0.948. The maximum absolute atomic E-state index is 12.2. The van der Waals surface area contributed by atoms with E-state index < -0.39 is 18.1 Å². The average molecular weight is 316 g/mol. The zero-order chi connectivity index (χ0) is 16.8. The largest absolute Gasteiger partial charge is 0.391 e. The highest BCUT2D eigenvalue weighted by Gasteiger charge is 2.17. The lowest BCUT2D eigenvalue weighted by molar-refractivity contribution is -0.124. The number of benzene rings is 1. The van der Waals surface area contributed by atoms with Gasteiger partial charge in [0.25, 0.3) is 5.56 Å². The number of fused-ring (bicyclic) bond motifs is 1. The highest BCUT2D eigenvalue weighted by Crippen LogP contribution is 2.04. The fourth-order valence-corrected chi connectivity index (χ4v) is 2.00. The normalized spacial score (nSPS) is 14.0. The van der Waals surface area contributed by atoms with Crippen LogP contribution >= 0.6 is 0 Å². The van der Waals surface area contributed by atoms with Crippen LogP contribution in [-0.2, 0) is 11.3 Å². The van der Waals surface area contributed by atoms with E-state index in [0.717, 1.165) is 0 Å². The van der Waals surface area contributed by atoms with Crippen molar-refractivity contribution in [1.82, 2.24) is 14.9 Å². The third kappa shape index (κ3) is 4.24. The minimum Gasteiger partial charge on any atom is -0.391 e. The number of hydrogen-bond donors (Lipinski definition) is 3. The number of hydrogen-bond acceptors (Lipinski definition) is 5. The number of carbonyl (C=O) groups excluding carboxylic acids is 1. The number of nitrogens with zero attached hydrogens (tertiary/aromatic N) is 2. The van der Waals surface area contributed by atoms with Crippen LogP contribution in [0.3, 0.4) is 0 Å². The smallest absolute Gasteiger partial charge is 0.261 e. The van der Waals surface area contributed by atoms with Crippen LogP contribution in [0.15, 0.2) is 47.5 Å². The van der Waals surface area contributed by atoms with Crippen molar-refractivity contribution in [1.29, 1.82) is 0 Å². The summed E-state index contributed by atoms with van der Waals surface area (Å²) in [5.74, 6) is -0.422. The molecular formula is C16H20N4O3. The van der Waals surface area contributed by atoms with E-state index in [4.69, 9.17) is 5.73 Å². The second kappa shape index (κ2) is 7.66. The molecule has 0 bridgehead atoms. The number of amides is 1. The Morgan fingerprint density at radius 2 is 2.17 bits per heavy atom. The van der Waals surface area contributed by atoms with E-state index in [0.29, 0.717) is 17.4 Å². The SMILES string of the molecule is C[C@@H](O)[C@H](N)C(=O)NC/C=C/Cn1cnc2ccccc2c1=O. The van der Waals surface area contributed by atoms with Crippen LogP contribution in [0.25, 0.3) is 10.9 Å². The molecule has 0 radical (unpaired) electrons. The fourth-order valence-electron chi connectivity index (χ4n) is 2.00. The molecule has 23 heavy (non-hydrogen) atoms. The van der Waals surface area contributed by atoms with Gasteiger partial charge in [0.05, 0.1) is 23.3 Å². The van der Waals surface area contributed by atoms with Gasteiger partial charge >= 0.3 is 0 Å². The topological polar surface area (TPSA) is 110 Å². The van der Waals surface area contributed by atoms with Gasteiger partial charge in [-0.3, -0.25) is 14.2 Å². The summed E-state index contributed by atoms with van der Waals surface area (Å²) in [4.78, 5) is 28.0. The zero-order valence-electron chi connectivity index (χ0n) is 12.8. The molecule has 4 N–H and O–H groups in total. The Morgan fingerprint density at radius 1 is 1.43 bits per heavy atom. The van der Waals surface area contributed by atoms with Crippen LogP contribution in [0.5, 0.6) is 0 Å². The number of para-hydroxylation sites is 1. The fraction of sp³-hybridized carbons (Fsp3) is 0.312. The van der Waals surface area contributed by atoms with Crippen molar-refractivity contribution < 1.29 is 9.90 Å². The van der Waals surface area contributed by atoms with E-state index >= 15 is 0 Å². The van der Waals surface area contributed by atoms with Gasteiger partial charge in [0, 0.05) is 13.1 Å². The van der Waals surface area contributed by atoms with Crippen molar-refractivity contribution in [3.05, 3.63) is 53.1 Å². The van der Waals surface area contributed by atoms with Gasteiger partial charge in [-0.25, -0.2) is 4.98 Å². The quantitative estimate of drug-likeness (QED) is 0.638. The van der Waals surface area contributed by atoms with Gasteiger partial charge in [-0.05, 0) is 19.1 Å².